The lowest BCUT2D eigenvalue weighted by Crippen LogP contribution is -2.32. The third-order valence-corrected chi connectivity index (χ3v) is 2.76. The van der Waals surface area contributed by atoms with Gasteiger partial charge in [-0.3, -0.25) is 9.79 Å². The van der Waals surface area contributed by atoms with Crippen LogP contribution < -0.4 is 10.6 Å². The number of aliphatic imine (C=N–C) groups is 1. The number of nitrogens with one attached hydrogen (secondary N) is 2. The summed E-state index contributed by atoms with van der Waals surface area (Å²) in [5.74, 6) is -0.183. The molecule has 6 heteroatoms. The Morgan fingerprint density at radius 1 is 1.33 bits per heavy atom. The summed E-state index contributed by atoms with van der Waals surface area (Å²) in [6.45, 7) is 0.789. The van der Waals surface area contributed by atoms with E-state index in [0.717, 1.165) is 5.56 Å². The Balaban J connectivity index is 1.97. The number of amides is 1. The topological polar surface area (TPSA) is 53.5 Å². The molecule has 0 saturated heterocycles. The van der Waals surface area contributed by atoms with E-state index in [4.69, 9.17) is 23.2 Å². The molecule has 2 N–H and O–H groups in total. The SMILES string of the molecule is O=C(NCc1cc(Cl)cc(Cl)c1)C1=CC=NCN1. The zero-order valence-corrected chi connectivity index (χ0v) is 10.9. The van der Waals surface area contributed by atoms with Crippen LogP contribution in [0.1, 0.15) is 5.56 Å². The molecular formula is C12H11Cl2N3O. The van der Waals surface area contributed by atoms with Crippen LogP contribution >= 0.6 is 23.2 Å². The van der Waals surface area contributed by atoms with E-state index < -0.39 is 0 Å². The van der Waals surface area contributed by atoms with Crippen LogP contribution in [0.2, 0.25) is 10.0 Å². The van der Waals surface area contributed by atoms with E-state index in [1.807, 2.05) is 0 Å². The van der Waals surface area contributed by atoms with Crippen molar-refractivity contribution in [2.24, 2.45) is 4.99 Å². The molecule has 0 aliphatic carbocycles. The predicted octanol–water partition coefficient (Wildman–Crippen LogP) is 2.12. The van der Waals surface area contributed by atoms with Crippen LogP contribution in [0.25, 0.3) is 0 Å². The lowest BCUT2D eigenvalue weighted by molar-refractivity contribution is -0.118. The van der Waals surface area contributed by atoms with Gasteiger partial charge in [-0.15, -0.1) is 0 Å². The first-order valence-corrected chi connectivity index (χ1v) is 6.08. The molecule has 1 aliphatic heterocycles. The molecule has 18 heavy (non-hydrogen) atoms. The highest BCUT2D eigenvalue weighted by Crippen LogP contribution is 2.18. The molecule has 0 atom stereocenters. The van der Waals surface area contributed by atoms with Gasteiger partial charge in [-0.25, -0.2) is 0 Å². The Bertz CT molecular complexity index is 506. The van der Waals surface area contributed by atoms with Gasteiger partial charge < -0.3 is 10.6 Å². The van der Waals surface area contributed by atoms with Crippen molar-refractivity contribution in [3.8, 4) is 0 Å². The quantitative estimate of drug-likeness (QED) is 0.893. The highest BCUT2D eigenvalue weighted by atomic mass is 35.5. The average molecular weight is 284 g/mol. The molecular weight excluding hydrogens is 273 g/mol. The second-order valence-corrected chi connectivity index (χ2v) is 4.58. The van der Waals surface area contributed by atoms with Crippen molar-refractivity contribution in [2.45, 2.75) is 6.54 Å². The number of halogens is 2. The van der Waals surface area contributed by atoms with Gasteiger partial charge in [-0.2, -0.15) is 0 Å². The smallest absolute Gasteiger partial charge is 0.267 e. The van der Waals surface area contributed by atoms with Crippen LogP contribution in [-0.4, -0.2) is 18.8 Å². The molecule has 0 saturated carbocycles. The Kier molecular flexibility index (Phi) is 4.23. The molecule has 1 aliphatic rings. The Hall–Kier alpha value is -1.52. The summed E-state index contributed by atoms with van der Waals surface area (Å²) in [5.41, 5.74) is 1.35. The molecule has 94 valence electrons. The molecule has 1 amide bonds. The summed E-state index contributed by atoms with van der Waals surface area (Å²) in [5, 5.41) is 6.75. The van der Waals surface area contributed by atoms with Crippen LogP contribution in [0, 0.1) is 0 Å². The molecule has 0 aromatic heterocycles. The van der Waals surface area contributed by atoms with E-state index in [2.05, 4.69) is 15.6 Å². The van der Waals surface area contributed by atoms with Gasteiger partial charge >= 0.3 is 0 Å². The number of carbonyl (C=O) groups is 1. The fraction of sp³-hybridized carbons (Fsp3) is 0.167. The van der Waals surface area contributed by atoms with E-state index in [9.17, 15) is 4.79 Å². The van der Waals surface area contributed by atoms with E-state index in [0.29, 0.717) is 29.0 Å². The predicted molar refractivity (Wildman–Crippen MR) is 72.9 cm³/mol. The molecule has 1 aromatic carbocycles. The average Bonchev–Trinajstić information content (AvgIpc) is 2.36. The van der Waals surface area contributed by atoms with E-state index >= 15 is 0 Å². The molecule has 2 rings (SSSR count). The van der Waals surface area contributed by atoms with Gasteiger partial charge in [0, 0.05) is 22.8 Å². The summed E-state index contributed by atoms with van der Waals surface area (Å²) < 4.78 is 0. The Morgan fingerprint density at radius 2 is 2.06 bits per heavy atom. The van der Waals surface area contributed by atoms with Crippen molar-refractivity contribution in [3.63, 3.8) is 0 Å². The molecule has 4 nitrogen and oxygen atoms in total. The second kappa shape index (κ2) is 5.89. The highest BCUT2D eigenvalue weighted by molar-refractivity contribution is 6.34. The first kappa shape index (κ1) is 12.9. The van der Waals surface area contributed by atoms with Crippen molar-refractivity contribution in [1.29, 1.82) is 0 Å². The lowest BCUT2D eigenvalue weighted by atomic mass is 10.2. The van der Waals surface area contributed by atoms with Crippen LogP contribution in [0.4, 0.5) is 0 Å². The van der Waals surface area contributed by atoms with Gasteiger partial charge in [0.05, 0.1) is 0 Å². The normalized spacial score (nSPS) is 13.8. The summed E-state index contributed by atoms with van der Waals surface area (Å²) in [4.78, 5) is 15.7. The molecule has 0 radical (unpaired) electrons. The van der Waals surface area contributed by atoms with Crippen LogP contribution in [0.3, 0.4) is 0 Å². The minimum Gasteiger partial charge on any atom is -0.362 e. The number of allylic oxidation sites excluding steroid dienone is 1. The van der Waals surface area contributed by atoms with E-state index in [1.165, 1.54) is 0 Å². The monoisotopic (exact) mass is 283 g/mol. The Labute approximate surface area is 115 Å². The zero-order valence-electron chi connectivity index (χ0n) is 9.41. The third kappa shape index (κ3) is 3.48. The maximum absolute atomic E-state index is 11.8. The minimum absolute atomic E-state index is 0.183. The molecule has 0 fully saturated rings. The van der Waals surface area contributed by atoms with Crippen molar-refractivity contribution in [2.75, 3.05) is 6.67 Å². The molecule has 1 heterocycles. The number of benzene rings is 1. The largest absolute Gasteiger partial charge is 0.362 e. The number of carbonyl (C=O) groups excluding carboxylic acids is 1. The number of rotatable bonds is 3. The van der Waals surface area contributed by atoms with Crippen molar-refractivity contribution < 1.29 is 4.79 Å². The summed E-state index contributed by atoms with van der Waals surface area (Å²) >= 11 is 11.8. The van der Waals surface area contributed by atoms with Crippen LogP contribution in [-0.2, 0) is 11.3 Å². The summed E-state index contributed by atoms with van der Waals surface area (Å²) in [7, 11) is 0. The summed E-state index contributed by atoms with van der Waals surface area (Å²) in [6.07, 6.45) is 3.23. The highest BCUT2D eigenvalue weighted by Gasteiger charge is 2.09. The maximum atomic E-state index is 11.8. The first-order valence-electron chi connectivity index (χ1n) is 5.32. The van der Waals surface area contributed by atoms with Gasteiger partial charge in [0.1, 0.15) is 12.4 Å². The molecule has 1 aromatic rings. The fourth-order valence-electron chi connectivity index (χ4n) is 1.52. The van der Waals surface area contributed by atoms with Crippen molar-refractivity contribution >= 4 is 35.3 Å². The van der Waals surface area contributed by atoms with Gasteiger partial charge in [-0.05, 0) is 29.8 Å². The van der Waals surface area contributed by atoms with E-state index in [-0.39, 0.29) is 5.91 Å². The molecule has 0 bridgehead atoms. The third-order valence-electron chi connectivity index (χ3n) is 2.33. The van der Waals surface area contributed by atoms with Crippen LogP contribution in [0.5, 0.6) is 0 Å². The number of hydrogen-bond donors (Lipinski definition) is 2. The first-order chi connectivity index (χ1) is 8.65. The van der Waals surface area contributed by atoms with Gasteiger partial charge in [0.25, 0.3) is 5.91 Å². The van der Waals surface area contributed by atoms with Gasteiger partial charge in [-0.1, -0.05) is 23.2 Å². The zero-order chi connectivity index (χ0) is 13.0. The standard InChI is InChI=1S/C12H11Cl2N3O/c13-9-3-8(4-10(14)5-9)6-16-12(18)11-1-2-15-7-17-11/h1-5,17H,6-7H2,(H,16,18). The minimum atomic E-state index is -0.183. The number of nitrogens with zero attached hydrogens (tertiary/aromatic N) is 1. The molecule has 0 unspecified atom stereocenters. The van der Waals surface area contributed by atoms with Crippen molar-refractivity contribution in [3.05, 3.63) is 45.6 Å². The Morgan fingerprint density at radius 3 is 2.67 bits per heavy atom. The maximum Gasteiger partial charge on any atom is 0.267 e. The molecule has 0 spiro atoms. The summed E-state index contributed by atoms with van der Waals surface area (Å²) in [6, 6.07) is 5.17. The fourth-order valence-corrected chi connectivity index (χ4v) is 2.09. The van der Waals surface area contributed by atoms with Gasteiger partial charge in [0.2, 0.25) is 0 Å². The van der Waals surface area contributed by atoms with E-state index in [1.54, 1.807) is 30.5 Å². The van der Waals surface area contributed by atoms with Gasteiger partial charge in [0.15, 0.2) is 0 Å². The second-order valence-electron chi connectivity index (χ2n) is 3.71. The number of hydrogen-bond acceptors (Lipinski definition) is 3. The van der Waals surface area contributed by atoms with Crippen molar-refractivity contribution in [1.82, 2.24) is 10.6 Å². The lowest BCUT2D eigenvalue weighted by Gasteiger charge is -2.12. The van der Waals surface area contributed by atoms with Crippen LogP contribution in [0.15, 0.2) is 35.0 Å².